The molecule has 1 aliphatic carbocycles. The number of nitrogens with zero attached hydrogens (tertiary/aromatic N) is 2. The van der Waals surface area contributed by atoms with E-state index >= 15 is 0 Å². The topological polar surface area (TPSA) is 34.5 Å². The van der Waals surface area contributed by atoms with Crippen LogP contribution in [0.3, 0.4) is 0 Å². The maximum atomic E-state index is 5.11. The second-order valence-corrected chi connectivity index (χ2v) is 5.43. The van der Waals surface area contributed by atoms with Crippen molar-refractivity contribution >= 4 is 23.2 Å². The second-order valence-electron chi connectivity index (χ2n) is 4.33. The first kappa shape index (κ1) is 11.4. The number of aromatic nitrogens is 1. The van der Waals surface area contributed by atoms with Gasteiger partial charge in [-0.15, -0.1) is 11.3 Å². The number of aliphatic imine (C=N–C) groups is 1. The SMILES string of the molecule is COc1ccc(N=Cc2cnc(C3CC3)s2)cc1. The fraction of sp³-hybridized carbons (Fsp3) is 0.286. The average molecular weight is 258 g/mol. The molecule has 4 heteroatoms. The molecule has 1 fully saturated rings. The van der Waals surface area contributed by atoms with Crippen molar-refractivity contribution in [1.29, 1.82) is 0 Å². The molecule has 18 heavy (non-hydrogen) atoms. The molecule has 0 amide bonds. The molecule has 0 spiro atoms. The third-order valence-electron chi connectivity index (χ3n) is 2.88. The number of benzene rings is 1. The van der Waals surface area contributed by atoms with Crippen LogP contribution in [0.4, 0.5) is 5.69 Å². The van der Waals surface area contributed by atoms with Gasteiger partial charge in [-0.05, 0) is 37.1 Å². The van der Waals surface area contributed by atoms with Gasteiger partial charge in [0, 0.05) is 18.3 Å². The first-order valence-electron chi connectivity index (χ1n) is 5.99. The third kappa shape index (κ3) is 2.59. The van der Waals surface area contributed by atoms with E-state index in [-0.39, 0.29) is 0 Å². The van der Waals surface area contributed by atoms with Crippen molar-refractivity contribution in [2.75, 3.05) is 7.11 Å². The Morgan fingerprint density at radius 3 is 2.78 bits per heavy atom. The van der Waals surface area contributed by atoms with Crippen molar-refractivity contribution in [1.82, 2.24) is 4.98 Å². The maximum Gasteiger partial charge on any atom is 0.119 e. The van der Waals surface area contributed by atoms with Crippen LogP contribution in [0.2, 0.25) is 0 Å². The van der Waals surface area contributed by atoms with Crippen molar-refractivity contribution in [2.24, 2.45) is 4.99 Å². The molecular weight excluding hydrogens is 244 g/mol. The van der Waals surface area contributed by atoms with Crippen molar-refractivity contribution < 1.29 is 4.74 Å². The number of rotatable bonds is 4. The van der Waals surface area contributed by atoms with E-state index in [9.17, 15) is 0 Å². The molecule has 1 aromatic carbocycles. The van der Waals surface area contributed by atoms with Crippen LogP contribution in [0.25, 0.3) is 0 Å². The molecule has 2 aromatic rings. The van der Waals surface area contributed by atoms with Gasteiger partial charge in [0.2, 0.25) is 0 Å². The van der Waals surface area contributed by atoms with Crippen LogP contribution in [0, 0.1) is 0 Å². The predicted octanol–water partition coefficient (Wildman–Crippen LogP) is 3.78. The lowest BCUT2D eigenvalue weighted by molar-refractivity contribution is 0.415. The number of thiazole rings is 1. The molecule has 92 valence electrons. The zero-order valence-corrected chi connectivity index (χ0v) is 11.0. The van der Waals surface area contributed by atoms with Crippen LogP contribution in [0.5, 0.6) is 5.75 Å². The van der Waals surface area contributed by atoms with Crippen molar-refractivity contribution in [3.63, 3.8) is 0 Å². The van der Waals surface area contributed by atoms with E-state index in [0.717, 1.165) is 22.2 Å². The van der Waals surface area contributed by atoms with Crippen LogP contribution in [0.15, 0.2) is 35.5 Å². The van der Waals surface area contributed by atoms with Crippen LogP contribution in [-0.2, 0) is 0 Å². The van der Waals surface area contributed by atoms with Crippen molar-refractivity contribution in [3.05, 3.63) is 40.3 Å². The van der Waals surface area contributed by atoms with E-state index < -0.39 is 0 Å². The molecular formula is C14H14N2OS. The molecule has 1 aliphatic rings. The Morgan fingerprint density at radius 2 is 2.11 bits per heavy atom. The van der Waals surface area contributed by atoms with Gasteiger partial charge < -0.3 is 4.74 Å². The molecule has 0 radical (unpaired) electrons. The molecule has 1 aromatic heterocycles. The van der Waals surface area contributed by atoms with Crippen molar-refractivity contribution in [3.8, 4) is 5.75 Å². The van der Waals surface area contributed by atoms with E-state index in [2.05, 4.69) is 9.98 Å². The maximum absolute atomic E-state index is 5.11. The van der Waals surface area contributed by atoms with Crippen molar-refractivity contribution in [2.45, 2.75) is 18.8 Å². The van der Waals surface area contributed by atoms with E-state index in [4.69, 9.17) is 4.74 Å². The minimum Gasteiger partial charge on any atom is -0.497 e. The van der Waals surface area contributed by atoms with Crippen LogP contribution in [-0.4, -0.2) is 18.3 Å². The normalized spacial score (nSPS) is 15.2. The third-order valence-corrected chi connectivity index (χ3v) is 3.98. The fourth-order valence-corrected chi connectivity index (χ4v) is 2.65. The van der Waals surface area contributed by atoms with Gasteiger partial charge >= 0.3 is 0 Å². The molecule has 0 aliphatic heterocycles. The minimum absolute atomic E-state index is 0.720. The lowest BCUT2D eigenvalue weighted by atomic mass is 10.3. The lowest BCUT2D eigenvalue weighted by Crippen LogP contribution is -1.80. The highest BCUT2D eigenvalue weighted by Crippen LogP contribution is 2.41. The molecule has 0 N–H and O–H groups in total. The molecule has 0 unspecified atom stereocenters. The summed E-state index contributed by atoms with van der Waals surface area (Å²) in [6, 6.07) is 7.71. The summed E-state index contributed by atoms with van der Waals surface area (Å²) >= 11 is 1.75. The summed E-state index contributed by atoms with van der Waals surface area (Å²) in [5.41, 5.74) is 0.928. The minimum atomic E-state index is 0.720. The summed E-state index contributed by atoms with van der Waals surface area (Å²) in [4.78, 5) is 9.98. The van der Waals surface area contributed by atoms with Crippen LogP contribution in [0.1, 0.15) is 28.6 Å². The summed E-state index contributed by atoms with van der Waals surface area (Å²) in [5.74, 6) is 1.57. The smallest absolute Gasteiger partial charge is 0.119 e. The summed E-state index contributed by atoms with van der Waals surface area (Å²) in [6.45, 7) is 0. The Balaban J connectivity index is 1.71. The first-order valence-corrected chi connectivity index (χ1v) is 6.80. The number of hydrogen-bond acceptors (Lipinski definition) is 4. The Hall–Kier alpha value is -1.68. The van der Waals surface area contributed by atoms with Gasteiger partial charge in [0.05, 0.1) is 22.7 Å². The lowest BCUT2D eigenvalue weighted by Gasteiger charge is -1.98. The number of methoxy groups -OCH3 is 1. The monoisotopic (exact) mass is 258 g/mol. The Bertz CT molecular complexity index is 555. The molecule has 1 saturated carbocycles. The molecule has 1 heterocycles. The summed E-state index contributed by atoms with van der Waals surface area (Å²) < 4.78 is 5.11. The van der Waals surface area contributed by atoms with E-state index in [1.165, 1.54) is 17.8 Å². The molecule has 0 saturated heterocycles. The standard InChI is InChI=1S/C14H14N2OS/c1-17-12-6-4-11(5-7-12)15-8-13-9-16-14(18-13)10-2-3-10/h4-10H,2-3H2,1H3. The largest absolute Gasteiger partial charge is 0.497 e. The molecule has 0 bridgehead atoms. The highest BCUT2D eigenvalue weighted by atomic mass is 32.1. The predicted molar refractivity (Wildman–Crippen MR) is 74.3 cm³/mol. The van der Waals surface area contributed by atoms with Gasteiger partial charge in [-0.2, -0.15) is 0 Å². The highest BCUT2D eigenvalue weighted by molar-refractivity contribution is 7.13. The van der Waals surface area contributed by atoms with Gasteiger partial charge in [-0.25, -0.2) is 4.98 Å². The molecule has 0 atom stereocenters. The van der Waals surface area contributed by atoms with E-state index in [1.54, 1.807) is 18.4 Å². The fourth-order valence-electron chi connectivity index (χ4n) is 1.69. The second kappa shape index (κ2) is 4.90. The van der Waals surface area contributed by atoms with Gasteiger partial charge in [0.1, 0.15) is 5.75 Å². The van der Waals surface area contributed by atoms with Crippen LogP contribution >= 0.6 is 11.3 Å². The number of hydrogen-bond donors (Lipinski definition) is 0. The van der Waals surface area contributed by atoms with Crippen LogP contribution < -0.4 is 4.74 Å². The van der Waals surface area contributed by atoms with Gasteiger partial charge in [-0.1, -0.05) is 0 Å². The highest BCUT2D eigenvalue weighted by Gasteiger charge is 2.26. The summed E-state index contributed by atoms with van der Waals surface area (Å²) in [5, 5.41) is 1.26. The molecule has 3 rings (SSSR count). The summed E-state index contributed by atoms with van der Waals surface area (Å²) in [7, 11) is 1.66. The van der Waals surface area contributed by atoms with Gasteiger partial charge in [-0.3, -0.25) is 4.99 Å². The number of ether oxygens (including phenoxy) is 1. The zero-order chi connectivity index (χ0) is 12.4. The Morgan fingerprint density at radius 1 is 1.33 bits per heavy atom. The quantitative estimate of drug-likeness (QED) is 0.782. The summed E-state index contributed by atoms with van der Waals surface area (Å²) in [6.07, 6.45) is 6.38. The Kier molecular flexibility index (Phi) is 3.11. The molecule has 3 nitrogen and oxygen atoms in total. The average Bonchev–Trinajstić information content (AvgIpc) is 3.16. The van der Waals surface area contributed by atoms with E-state index in [0.29, 0.717) is 0 Å². The van der Waals surface area contributed by atoms with Gasteiger partial charge in [0.15, 0.2) is 0 Å². The first-order chi connectivity index (χ1) is 8.85. The van der Waals surface area contributed by atoms with Gasteiger partial charge in [0.25, 0.3) is 0 Å². The van der Waals surface area contributed by atoms with E-state index in [1.807, 2.05) is 36.7 Å². The zero-order valence-electron chi connectivity index (χ0n) is 10.2. The Labute approximate surface area is 110 Å².